The van der Waals surface area contributed by atoms with E-state index in [1.54, 1.807) is 43.5 Å². The van der Waals surface area contributed by atoms with Gasteiger partial charge in [0.15, 0.2) is 5.44 Å². The van der Waals surface area contributed by atoms with Crippen molar-refractivity contribution in [3.63, 3.8) is 0 Å². The van der Waals surface area contributed by atoms with Crippen molar-refractivity contribution in [2.75, 3.05) is 64.6 Å². The van der Waals surface area contributed by atoms with Gasteiger partial charge in [-0.2, -0.15) is 0 Å². The third-order valence-electron chi connectivity index (χ3n) is 9.37. The topological polar surface area (TPSA) is 125 Å². The molecule has 0 bridgehead atoms. The van der Waals surface area contributed by atoms with Crippen molar-refractivity contribution in [1.29, 1.82) is 0 Å². The maximum Gasteiger partial charge on any atom is 0.234 e. The Morgan fingerprint density at radius 3 is 2.61 bits per heavy atom. The van der Waals surface area contributed by atoms with Gasteiger partial charge in [-0.15, -0.1) is 0 Å². The predicted octanol–water partition coefficient (Wildman–Crippen LogP) is 5.51. The second kappa shape index (κ2) is 18.8. The molecule has 0 saturated carbocycles. The maximum atomic E-state index is 14.6. The van der Waals surface area contributed by atoms with E-state index < -0.39 is 21.4 Å². The molecule has 1 saturated heterocycles. The van der Waals surface area contributed by atoms with E-state index in [1.807, 2.05) is 45.0 Å². The largest absolute Gasteiger partial charge is 0.490 e. The lowest BCUT2D eigenvalue weighted by Gasteiger charge is -2.39. The fraction of sp³-hybridized carbons (Fsp3) is 0.513. The minimum Gasteiger partial charge on any atom is -0.490 e. The van der Waals surface area contributed by atoms with Crippen LogP contribution >= 0.6 is 0 Å². The lowest BCUT2D eigenvalue weighted by atomic mass is 9.84. The van der Waals surface area contributed by atoms with Gasteiger partial charge in [0.25, 0.3) is 0 Å². The van der Waals surface area contributed by atoms with Gasteiger partial charge in [-0.3, -0.25) is 0 Å². The molecule has 1 N–H and O–H groups in total. The van der Waals surface area contributed by atoms with Crippen LogP contribution in [0.2, 0.25) is 0 Å². The first kappa shape index (κ1) is 38.6. The zero-order chi connectivity index (χ0) is 36.2. The Hall–Kier alpha value is -3.61. The molecule has 2 aliphatic rings. The molecule has 3 aromatic carbocycles. The molecule has 0 aliphatic carbocycles. The number of benzene rings is 3. The first-order valence-electron chi connectivity index (χ1n) is 17.7. The molecule has 0 aromatic heterocycles. The summed E-state index contributed by atoms with van der Waals surface area (Å²) in [5.41, 5.74) is 3.04. The highest BCUT2D eigenvalue weighted by Gasteiger charge is 2.39. The minimum absolute atomic E-state index is 0.0124. The number of sulfone groups is 1. The molecule has 12 heteroatoms. The molecule has 0 radical (unpaired) electrons. The SMILES string of the molecule is CCOC(C)COCc1ccc([C@H]2C[C@H](CN=C=O)NC[C@@H]2OC(c2ccc3c(c2)N(CCCOC)CCO3)S(=O)(=O)c2ccc(C)cc2)cc1. The van der Waals surface area contributed by atoms with Crippen molar-refractivity contribution in [2.45, 2.75) is 74.7 Å². The number of ether oxygens (including phenoxy) is 5. The summed E-state index contributed by atoms with van der Waals surface area (Å²) in [6.07, 6.45) is 2.54. The van der Waals surface area contributed by atoms with Gasteiger partial charge < -0.3 is 33.9 Å². The van der Waals surface area contributed by atoms with E-state index in [-0.39, 0.29) is 29.5 Å². The Morgan fingerprint density at radius 1 is 1.10 bits per heavy atom. The molecular weight excluding hydrogens is 671 g/mol. The molecule has 2 unspecified atom stereocenters. The second-order valence-corrected chi connectivity index (χ2v) is 15.2. The van der Waals surface area contributed by atoms with E-state index in [1.165, 1.54) is 0 Å². The Labute approximate surface area is 302 Å². The van der Waals surface area contributed by atoms with Crippen molar-refractivity contribution in [3.8, 4) is 5.75 Å². The van der Waals surface area contributed by atoms with Crippen molar-refractivity contribution < 1.29 is 36.9 Å². The van der Waals surface area contributed by atoms with Crippen LogP contribution in [0.15, 0.2) is 76.6 Å². The van der Waals surface area contributed by atoms with Crippen LogP contribution in [0, 0.1) is 6.92 Å². The Morgan fingerprint density at radius 2 is 1.88 bits per heavy atom. The highest BCUT2D eigenvalue weighted by atomic mass is 32.2. The number of isocyanates is 1. The van der Waals surface area contributed by atoms with Gasteiger partial charge in [0.05, 0.1) is 49.1 Å². The number of methoxy groups -OCH3 is 1. The number of piperidine rings is 1. The van der Waals surface area contributed by atoms with E-state index >= 15 is 0 Å². The smallest absolute Gasteiger partial charge is 0.234 e. The summed E-state index contributed by atoms with van der Waals surface area (Å²) in [4.78, 5) is 17.2. The van der Waals surface area contributed by atoms with Gasteiger partial charge in [-0.05, 0) is 74.6 Å². The zero-order valence-corrected chi connectivity index (χ0v) is 30.9. The fourth-order valence-corrected chi connectivity index (χ4v) is 8.25. The number of fused-ring (bicyclic) bond motifs is 1. The number of aryl methyl sites for hydroxylation is 1. The monoisotopic (exact) mass is 721 g/mol. The van der Waals surface area contributed by atoms with Crippen LogP contribution in [0.4, 0.5) is 5.69 Å². The van der Waals surface area contributed by atoms with Crippen LogP contribution in [0.3, 0.4) is 0 Å². The first-order valence-corrected chi connectivity index (χ1v) is 19.3. The van der Waals surface area contributed by atoms with Crippen LogP contribution in [-0.4, -0.2) is 92.5 Å². The van der Waals surface area contributed by atoms with Crippen LogP contribution in [-0.2, 0) is 40.2 Å². The fourth-order valence-electron chi connectivity index (χ4n) is 6.69. The van der Waals surface area contributed by atoms with Crippen molar-refractivity contribution in [1.82, 2.24) is 5.32 Å². The molecule has 5 atom stereocenters. The van der Waals surface area contributed by atoms with E-state index in [0.29, 0.717) is 63.9 Å². The first-order chi connectivity index (χ1) is 24.7. The molecule has 11 nitrogen and oxygen atoms in total. The number of nitrogens with one attached hydrogen (secondary N) is 1. The van der Waals surface area contributed by atoms with Gasteiger partial charge in [-0.1, -0.05) is 48.0 Å². The number of aliphatic imine (C=N–C) groups is 1. The van der Waals surface area contributed by atoms with E-state index in [4.69, 9.17) is 23.7 Å². The van der Waals surface area contributed by atoms with E-state index in [2.05, 4.69) is 27.3 Å². The van der Waals surface area contributed by atoms with Crippen LogP contribution < -0.4 is 15.0 Å². The Balaban J connectivity index is 1.47. The van der Waals surface area contributed by atoms with Gasteiger partial charge in [0.2, 0.25) is 15.9 Å². The maximum absolute atomic E-state index is 14.6. The van der Waals surface area contributed by atoms with Gasteiger partial charge in [0.1, 0.15) is 12.4 Å². The molecule has 5 rings (SSSR count). The van der Waals surface area contributed by atoms with Gasteiger partial charge in [0, 0.05) is 45.4 Å². The molecule has 2 heterocycles. The van der Waals surface area contributed by atoms with E-state index in [9.17, 15) is 13.2 Å². The normalized spacial score (nSPS) is 20.2. The molecule has 1 fully saturated rings. The average Bonchev–Trinajstić information content (AvgIpc) is 3.14. The molecule has 276 valence electrons. The predicted molar refractivity (Wildman–Crippen MR) is 196 cm³/mol. The average molecular weight is 722 g/mol. The highest BCUT2D eigenvalue weighted by molar-refractivity contribution is 7.91. The Bertz CT molecular complexity index is 1700. The standard InChI is InChI=1S/C39H51N3O8S/c1-5-48-29(3)25-47-26-30-9-11-31(12-10-30)35-22-33(23-40-27-43)41-24-38(35)50-39(51(44,45)34-14-7-28(2)8-15-34)32-13-16-37-36(21-32)42(18-20-49-37)17-6-19-46-4/h7-16,21,29,33,35,38-39,41H,5-6,17-20,22-26H2,1-4H3/t29?,33-,35-,38+,39?/m1/s1. The number of hydrogen-bond acceptors (Lipinski definition) is 11. The lowest BCUT2D eigenvalue weighted by molar-refractivity contribution is -0.00737. The molecule has 0 amide bonds. The van der Waals surface area contributed by atoms with Crippen molar-refractivity contribution in [2.24, 2.45) is 4.99 Å². The number of carbonyl (C=O) groups excluding carboxylic acids is 1. The third kappa shape index (κ3) is 10.3. The summed E-state index contributed by atoms with van der Waals surface area (Å²) >= 11 is 0. The van der Waals surface area contributed by atoms with Crippen LogP contribution in [0.25, 0.3) is 0 Å². The van der Waals surface area contributed by atoms with Crippen LogP contribution in [0.1, 0.15) is 60.3 Å². The summed E-state index contributed by atoms with van der Waals surface area (Å²) in [5.74, 6) is 0.523. The third-order valence-corrected chi connectivity index (χ3v) is 11.2. The molecular formula is C39H51N3O8S. The van der Waals surface area contributed by atoms with Gasteiger partial charge >= 0.3 is 0 Å². The molecule has 0 spiro atoms. The summed E-state index contributed by atoms with van der Waals surface area (Å²) in [6, 6.07) is 20.5. The zero-order valence-electron chi connectivity index (χ0n) is 30.1. The number of anilines is 1. The quantitative estimate of drug-likeness (QED) is 0.102. The van der Waals surface area contributed by atoms with Crippen molar-refractivity contribution >= 4 is 21.6 Å². The lowest BCUT2D eigenvalue weighted by Crippen LogP contribution is -2.49. The summed E-state index contributed by atoms with van der Waals surface area (Å²) in [6.45, 7) is 10.7. The van der Waals surface area contributed by atoms with E-state index in [0.717, 1.165) is 35.3 Å². The van der Waals surface area contributed by atoms with Gasteiger partial charge in [-0.25, -0.2) is 18.2 Å². The Kier molecular flexibility index (Phi) is 14.2. The molecule has 3 aromatic rings. The number of rotatable bonds is 18. The molecule has 2 aliphatic heterocycles. The van der Waals surface area contributed by atoms with Crippen molar-refractivity contribution in [3.05, 3.63) is 89.0 Å². The highest BCUT2D eigenvalue weighted by Crippen LogP contribution is 2.41. The summed E-state index contributed by atoms with van der Waals surface area (Å²) < 4.78 is 58.7. The number of nitrogens with zero attached hydrogens (tertiary/aromatic N) is 2. The minimum atomic E-state index is -4.02. The number of hydrogen-bond donors (Lipinski definition) is 1. The van der Waals surface area contributed by atoms with Crippen LogP contribution in [0.5, 0.6) is 5.75 Å². The summed E-state index contributed by atoms with van der Waals surface area (Å²) in [7, 11) is -2.34. The second-order valence-electron chi connectivity index (χ2n) is 13.2. The molecule has 51 heavy (non-hydrogen) atoms. The summed E-state index contributed by atoms with van der Waals surface area (Å²) in [5, 5.41) is 3.44.